The number of carbonyl (C=O) groups is 1. The first-order valence-corrected chi connectivity index (χ1v) is 8.36. The highest BCUT2D eigenvalue weighted by Crippen LogP contribution is 2.32. The number of hydrogen-bond donors (Lipinski definition) is 2. The highest BCUT2D eigenvalue weighted by molar-refractivity contribution is 14.0. The fourth-order valence-corrected chi connectivity index (χ4v) is 2.65. The van der Waals surface area contributed by atoms with Gasteiger partial charge in [0.2, 0.25) is 0 Å². The topological polar surface area (TPSA) is 83.8 Å². The maximum absolute atomic E-state index is 11.7. The van der Waals surface area contributed by atoms with Gasteiger partial charge >= 0.3 is 6.09 Å². The van der Waals surface area contributed by atoms with E-state index < -0.39 is 0 Å². The number of halogens is 1. The zero-order valence-electron chi connectivity index (χ0n) is 15.4. The molecule has 0 bridgehead atoms. The van der Waals surface area contributed by atoms with E-state index in [1.807, 2.05) is 31.4 Å². The molecule has 0 spiro atoms. The van der Waals surface area contributed by atoms with Gasteiger partial charge in [0.15, 0.2) is 5.96 Å². The smallest absolute Gasteiger partial charge is 0.407 e. The molecule has 1 saturated carbocycles. The summed E-state index contributed by atoms with van der Waals surface area (Å²) in [6, 6.07) is 0.0626. The van der Waals surface area contributed by atoms with E-state index in [0.717, 1.165) is 24.4 Å². The summed E-state index contributed by atoms with van der Waals surface area (Å²) in [5.41, 5.74) is 1.12. The third-order valence-corrected chi connectivity index (χ3v) is 4.00. The van der Waals surface area contributed by atoms with Gasteiger partial charge in [-0.15, -0.1) is 24.0 Å². The van der Waals surface area contributed by atoms with E-state index in [0.29, 0.717) is 25.6 Å². The molecule has 1 aromatic heterocycles. The van der Waals surface area contributed by atoms with E-state index in [4.69, 9.17) is 4.74 Å². The van der Waals surface area contributed by atoms with Gasteiger partial charge < -0.3 is 20.3 Å². The Labute approximate surface area is 166 Å². The van der Waals surface area contributed by atoms with Crippen LogP contribution in [0, 0.1) is 5.92 Å². The second-order valence-electron chi connectivity index (χ2n) is 6.12. The molecule has 1 fully saturated rings. The van der Waals surface area contributed by atoms with Crippen LogP contribution in [-0.2, 0) is 18.3 Å². The van der Waals surface area contributed by atoms with Gasteiger partial charge in [-0.1, -0.05) is 0 Å². The number of carbonyl (C=O) groups excluding carboxylic acids is 1. The number of nitrogens with one attached hydrogen (secondary N) is 2. The Bertz CT molecular complexity index is 573. The number of aliphatic imine (C=N–C) groups is 1. The Kier molecular flexibility index (Phi) is 9.01. The summed E-state index contributed by atoms with van der Waals surface area (Å²) in [5.74, 6) is 1.30. The van der Waals surface area contributed by atoms with Gasteiger partial charge in [0.25, 0.3) is 0 Å². The van der Waals surface area contributed by atoms with Crippen LogP contribution < -0.4 is 10.6 Å². The van der Waals surface area contributed by atoms with Gasteiger partial charge in [-0.3, -0.25) is 9.67 Å². The first-order valence-electron chi connectivity index (χ1n) is 8.36. The van der Waals surface area contributed by atoms with Crippen LogP contribution in [-0.4, -0.2) is 60.0 Å². The van der Waals surface area contributed by atoms with Crippen molar-refractivity contribution >= 4 is 36.0 Å². The molecule has 9 heteroatoms. The number of guanidine groups is 1. The van der Waals surface area contributed by atoms with Crippen molar-refractivity contribution in [3.05, 3.63) is 18.0 Å². The van der Waals surface area contributed by atoms with Crippen molar-refractivity contribution in [1.29, 1.82) is 0 Å². The molecule has 1 aromatic rings. The Balaban J connectivity index is 0.00000312. The average Bonchev–Trinajstić information content (AvgIpc) is 3.30. The zero-order valence-corrected chi connectivity index (χ0v) is 17.7. The Morgan fingerprint density at radius 2 is 2.28 bits per heavy atom. The van der Waals surface area contributed by atoms with E-state index in [1.165, 1.54) is 0 Å². The molecule has 8 nitrogen and oxygen atoms in total. The predicted octanol–water partition coefficient (Wildman–Crippen LogP) is 1.57. The molecule has 0 aliphatic heterocycles. The van der Waals surface area contributed by atoms with Gasteiger partial charge in [0, 0.05) is 46.0 Å². The van der Waals surface area contributed by atoms with Crippen molar-refractivity contribution in [2.24, 2.45) is 18.0 Å². The number of aromatic nitrogens is 2. The summed E-state index contributed by atoms with van der Waals surface area (Å²) in [5, 5.41) is 10.5. The molecular formula is C16H29IN6O2. The van der Waals surface area contributed by atoms with Crippen LogP contribution in [0.25, 0.3) is 0 Å². The maximum Gasteiger partial charge on any atom is 0.407 e. The van der Waals surface area contributed by atoms with Gasteiger partial charge in [0.1, 0.15) is 0 Å². The lowest BCUT2D eigenvalue weighted by molar-refractivity contribution is 0.146. The fourth-order valence-electron chi connectivity index (χ4n) is 2.65. The van der Waals surface area contributed by atoms with E-state index in [-0.39, 0.29) is 36.1 Å². The highest BCUT2D eigenvalue weighted by Gasteiger charge is 2.32. The van der Waals surface area contributed by atoms with Crippen LogP contribution >= 0.6 is 24.0 Å². The second kappa shape index (κ2) is 10.5. The second-order valence-corrected chi connectivity index (χ2v) is 6.12. The largest absolute Gasteiger partial charge is 0.450 e. The van der Waals surface area contributed by atoms with Crippen LogP contribution in [0.4, 0.5) is 4.79 Å². The summed E-state index contributed by atoms with van der Waals surface area (Å²) < 4.78 is 6.77. The lowest BCUT2D eigenvalue weighted by atomic mass is 10.2. The number of rotatable bonds is 7. The number of hydrogen-bond acceptors (Lipinski definition) is 4. The van der Waals surface area contributed by atoms with Crippen molar-refractivity contribution in [3.63, 3.8) is 0 Å². The molecule has 0 aromatic carbocycles. The average molecular weight is 464 g/mol. The van der Waals surface area contributed by atoms with Crippen LogP contribution in [0.3, 0.4) is 0 Å². The number of alkyl carbamates (subject to hydrolysis) is 1. The molecule has 1 atom stereocenters. The van der Waals surface area contributed by atoms with Crippen molar-refractivity contribution in [1.82, 2.24) is 25.3 Å². The van der Waals surface area contributed by atoms with Gasteiger partial charge in [-0.05, 0) is 25.7 Å². The standard InChI is InChI=1S/C16H28N6O2.HI/c1-5-24-16(23)20-14(13-6-7-13)9-18-15(17-2)21(3)10-12-8-19-22(4)11-12;/h8,11,13-14H,5-7,9-10H2,1-4H3,(H,17,18)(H,20,23);1H. The summed E-state index contributed by atoms with van der Waals surface area (Å²) in [7, 11) is 5.64. The van der Waals surface area contributed by atoms with Gasteiger partial charge in [-0.25, -0.2) is 4.79 Å². The monoisotopic (exact) mass is 464 g/mol. The van der Waals surface area contributed by atoms with Crippen LogP contribution in [0.1, 0.15) is 25.3 Å². The summed E-state index contributed by atoms with van der Waals surface area (Å²) in [6.45, 7) is 3.53. The number of ether oxygens (including phenoxy) is 1. The molecule has 142 valence electrons. The quantitative estimate of drug-likeness (QED) is 0.364. The number of nitrogens with zero attached hydrogens (tertiary/aromatic N) is 4. The van der Waals surface area contributed by atoms with Crippen LogP contribution in [0.5, 0.6) is 0 Å². The van der Waals surface area contributed by atoms with Gasteiger partial charge in [0.05, 0.1) is 18.8 Å². The van der Waals surface area contributed by atoms with E-state index in [1.54, 1.807) is 18.7 Å². The third-order valence-electron chi connectivity index (χ3n) is 4.00. The normalized spacial score (nSPS) is 15.1. The predicted molar refractivity (Wildman–Crippen MR) is 108 cm³/mol. The molecule has 1 amide bonds. The van der Waals surface area contributed by atoms with E-state index >= 15 is 0 Å². The summed E-state index contributed by atoms with van der Waals surface area (Å²) in [6.07, 6.45) is 5.76. The minimum Gasteiger partial charge on any atom is -0.450 e. The summed E-state index contributed by atoms with van der Waals surface area (Å²) in [4.78, 5) is 18.0. The summed E-state index contributed by atoms with van der Waals surface area (Å²) >= 11 is 0. The molecule has 1 unspecified atom stereocenters. The first kappa shape index (κ1) is 21.5. The number of amides is 1. The molecule has 0 radical (unpaired) electrons. The maximum atomic E-state index is 11.7. The van der Waals surface area contributed by atoms with Gasteiger partial charge in [-0.2, -0.15) is 5.10 Å². The van der Waals surface area contributed by atoms with Crippen LogP contribution in [0.2, 0.25) is 0 Å². The van der Waals surface area contributed by atoms with Crippen molar-refractivity contribution < 1.29 is 9.53 Å². The van der Waals surface area contributed by atoms with Crippen LogP contribution in [0.15, 0.2) is 17.4 Å². The fraction of sp³-hybridized carbons (Fsp3) is 0.688. The highest BCUT2D eigenvalue weighted by atomic mass is 127. The molecule has 25 heavy (non-hydrogen) atoms. The Morgan fingerprint density at radius 1 is 1.56 bits per heavy atom. The molecule has 2 N–H and O–H groups in total. The Hall–Kier alpha value is -1.52. The Morgan fingerprint density at radius 3 is 2.80 bits per heavy atom. The number of aryl methyl sites for hydroxylation is 1. The van der Waals surface area contributed by atoms with E-state index in [9.17, 15) is 4.79 Å². The zero-order chi connectivity index (χ0) is 17.5. The molecule has 0 saturated heterocycles. The molecular weight excluding hydrogens is 435 g/mol. The SMILES string of the molecule is CCOC(=O)NC(CNC(=NC)N(C)Cc1cnn(C)c1)C1CC1.I. The molecule has 2 rings (SSSR count). The van der Waals surface area contributed by atoms with E-state index in [2.05, 4.69) is 20.7 Å². The molecule has 1 aliphatic carbocycles. The minimum atomic E-state index is -0.352. The van der Waals surface area contributed by atoms with Crippen molar-refractivity contribution in [2.75, 3.05) is 27.2 Å². The first-order chi connectivity index (χ1) is 11.5. The van der Waals surface area contributed by atoms with Crippen molar-refractivity contribution in [2.45, 2.75) is 32.4 Å². The minimum absolute atomic E-state index is 0. The lowest BCUT2D eigenvalue weighted by Gasteiger charge is -2.24. The van der Waals surface area contributed by atoms with Crippen molar-refractivity contribution in [3.8, 4) is 0 Å². The molecule has 1 aliphatic rings. The third kappa shape index (κ3) is 7.09. The molecule has 1 heterocycles. The lowest BCUT2D eigenvalue weighted by Crippen LogP contribution is -2.48.